The lowest BCUT2D eigenvalue weighted by Gasteiger charge is -2.06. The van der Waals surface area contributed by atoms with Gasteiger partial charge in [0, 0.05) is 18.5 Å². The minimum Gasteiger partial charge on any atom is -0.292 e. The number of Topliss-reactive ketones (excluding diaryl/α,β-unsaturated/α-hetero) is 1. The monoisotopic (exact) mass is 212 g/mol. The number of thioether (sulfide) groups is 1. The van der Waals surface area contributed by atoms with Crippen LogP contribution in [0, 0.1) is 0 Å². The molecule has 0 fully saturated rings. The molecule has 1 aromatic heterocycles. The maximum atomic E-state index is 11.7. The number of rotatable bonds is 5. The summed E-state index contributed by atoms with van der Waals surface area (Å²) in [5.74, 6) is 0.712. The Labute approximate surface area is 88.9 Å². The zero-order chi connectivity index (χ0) is 10.6. The molecule has 0 saturated carbocycles. The second kappa shape index (κ2) is 5.20. The van der Waals surface area contributed by atoms with Crippen molar-refractivity contribution in [3.63, 3.8) is 0 Å². The molecule has 0 radical (unpaired) electrons. The van der Waals surface area contributed by atoms with Gasteiger partial charge in [-0.05, 0) is 12.5 Å². The van der Waals surface area contributed by atoms with Gasteiger partial charge in [0.05, 0.1) is 5.75 Å². The fourth-order valence-electron chi connectivity index (χ4n) is 1.06. The van der Waals surface area contributed by atoms with Crippen LogP contribution >= 0.6 is 11.8 Å². The molecule has 0 bridgehead atoms. The van der Waals surface area contributed by atoms with Crippen molar-refractivity contribution in [2.75, 3.05) is 5.75 Å². The lowest BCUT2D eigenvalue weighted by Crippen LogP contribution is -2.10. The van der Waals surface area contributed by atoms with Gasteiger partial charge in [-0.3, -0.25) is 9.48 Å². The van der Waals surface area contributed by atoms with E-state index >= 15 is 0 Å². The van der Waals surface area contributed by atoms with Crippen molar-refractivity contribution >= 4 is 17.5 Å². The predicted molar refractivity (Wildman–Crippen MR) is 59.7 cm³/mol. The van der Waals surface area contributed by atoms with Crippen molar-refractivity contribution in [1.82, 2.24) is 9.78 Å². The minimum atomic E-state index is 0.162. The number of aryl methyl sites for hydroxylation is 1. The Morgan fingerprint density at radius 1 is 1.71 bits per heavy atom. The molecule has 0 N–H and O–H groups in total. The van der Waals surface area contributed by atoms with Crippen LogP contribution in [-0.2, 0) is 7.05 Å². The lowest BCUT2D eigenvalue weighted by atomic mass is 10.3. The molecule has 4 heteroatoms. The molecule has 1 heterocycles. The van der Waals surface area contributed by atoms with Crippen LogP contribution in [0.25, 0.3) is 0 Å². The van der Waals surface area contributed by atoms with Gasteiger partial charge in [0.25, 0.3) is 0 Å². The van der Waals surface area contributed by atoms with E-state index in [0.717, 1.165) is 6.42 Å². The largest absolute Gasteiger partial charge is 0.292 e. The summed E-state index contributed by atoms with van der Waals surface area (Å²) in [6.45, 7) is 4.27. The van der Waals surface area contributed by atoms with Crippen LogP contribution in [-0.4, -0.2) is 26.6 Å². The van der Waals surface area contributed by atoms with E-state index in [0.29, 0.717) is 16.7 Å². The number of carbonyl (C=O) groups excluding carboxylic acids is 1. The summed E-state index contributed by atoms with van der Waals surface area (Å²) in [5, 5.41) is 4.52. The number of hydrogen-bond acceptors (Lipinski definition) is 3. The van der Waals surface area contributed by atoms with Crippen molar-refractivity contribution in [3.8, 4) is 0 Å². The second-order valence-electron chi connectivity index (χ2n) is 3.29. The third kappa shape index (κ3) is 2.87. The van der Waals surface area contributed by atoms with Gasteiger partial charge in [0.15, 0.2) is 5.78 Å². The first kappa shape index (κ1) is 11.3. The molecular formula is C10H16N2OS. The van der Waals surface area contributed by atoms with Gasteiger partial charge in [0.2, 0.25) is 0 Å². The van der Waals surface area contributed by atoms with Crippen molar-refractivity contribution in [2.45, 2.75) is 25.5 Å². The highest BCUT2D eigenvalue weighted by Gasteiger charge is 2.11. The van der Waals surface area contributed by atoms with Crippen LogP contribution in [0.3, 0.4) is 0 Å². The van der Waals surface area contributed by atoms with Gasteiger partial charge >= 0.3 is 0 Å². The molecule has 0 aliphatic carbocycles. The molecule has 0 aliphatic heterocycles. The summed E-state index contributed by atoms with van der Waals surface area (Å²) in [5.41, 5.74) is 0.695. The first-order valence-electron chi connectivity index (χ1n) is 4.78. The van der Waals surface area contributed by atoms with E-state index in [1.165, 1.54) is 0 Å². The van der Waals surface area contributed by atoms with Crippen molar-refractivity contribution in [3.05, 3.63) is 18.0 Å². The standard InChI is InChI=1S/C10H16N2OS/c1-4-8(2)14-7-10(13)9-5-6-11-12(9)3/h5-6,8H,4,7H2,1-3H3. The van der Waals surface area contributed by atoms with E-state index < -0.39 is 0 Å². The van der Waals surface area contributed by atoms with Crippen LogP contribution in [0.4, 0.5) is 0 Å². The molecule has 1 unspecified atom stereocenters. The summed E-state index contributed by atoms with van der Waals surface area (Å²) in [7, 11) is 1.79. The maximum absolute atomic E-state index is 11.7. The normalized spacial score (nSPS) is 12.8. The maximum Gasteiger partial charge on any atom is 0.190 e. The molecule has 1 atom stereocenters. The first-order valence-corrected chi connectivity index (χ1v) is 5.82. The summed E-state index contributed by atoms with van der Waals surface area (Å²) < 4.78 is 1.62. The number of nitrogens with zero attached hydrogens (tertiary/aromatic N) is 2. The fraction of sp³-hybridized carbons (Fsp3) is 0.600. The minimum absolute atomic E-state index is 0.162. The Balaban J connectivity index is 2.47. The number of aromatic nitrogens is 2. The topological polar surface area (TPSA) is 34.9 Å². The highest BCUT2D eigenvalue weighted by atomic mass is 32.2. The summed E-state index contributed by atoms with van der Waals surface area (Å²) in [6, 6.07) is 1.76. The lowest BCUT2D eigenvalue weighted by molar-refractivity contribution is 0.101. The molecule has 1 aromatic rings. The third-order valence-corrected chi connectivity index (χ3v) is 3.51. The molecule has 1 rings (SSSR count). The Kier molecular flexibility index (Phi) is 4.20. The van der Waals surface area contributed by atoms with Crippen molar-refractivity contribution in [1.29, 1.82) is 0 Å². The molecule has 0 spiro atoms. The molecule has 0 aromatic carbocycles. The molecule has 14 heavy (non-hydrogen) atoms. The Morgan fingerprint density at radius 2 is 2.43 bits per heavy atom. The second-order valence-corrected chi connectivity index (χ2v) is 4.72. The molecular weight excluding hydrogens is 196 g/mol. The molecule has 3 nitrogen and oxygen atoms in total. The number of ketones is 1. The van der Waals surface area contributed by atoms with E-state index in [9.17, 15) is 4.79 Å². The van der Waals surface area contributed by atoms with Gasteiger partial charge in [-0.25, -0.2) is 0 Å². The van der Waals surface area contributed by atoms with E-state index in [4.69, 9.17) is 0 Å². The van der Waals surface area contributed by atoms with Gasteiger partial charge in [-0.2, -0.15) is 16.9 Å². The average Bonchev–Trinajstić information content (AvgIpc) is 2.60. The fourth-order valence-corrected chi connectivity index (χ4v) is 1.88. The van der Waals surface area contributed by atoms with Crippen LogP contribution in [0.15, 0.2) is 12.3 Å². The summed E-state index contributed by atoms with van der Waals surface area (Å²) in [4.78, 5) is 11.7. The molecule has 0 saturated heterocycles. The van der Waals surface area contributed by atoms with E-state index in [-0.39, 0.29) is 5.78 Å². The quantitative estimate of drug-likeness (QED) is 0.701. The third-order valence-electron chi connectivity index (χ3n) is 2.18. The predicted octanol–water partition coefficient (Wildman–Crippen LogP) is 2.13. The van der Waals surface area contributed by atoms with Crippen LogP contribution in [0.5, 0.6) is 0 Å². The Morgan fingerprint density at radius 3 is 2.93 bits per heavy atom. The Bertz CT molecular complexity index is 309. The molecule has 0 aliphatic rings. The summed E-state index contributed by atoms with van der Waals surface area (Å²) in [6.07, 6.45) is 2.75. The van der Waals surface area contributed by atoms with E-state index in [1.807, 2.05) is 0 Å². The van der Waals surface area contributed by atoms with Gasteiger partial charge in [-0.15, -0.1) is 0 Å². The average molecular weight is 212 g/mol. The first-order chi connectivity index (χ1) is 6.65. The highest BCUT2D eigenvalue weighted by molar-refractivity contribution is 8.00. The molecule has 0 amide bonds. The zero-order valence-electron chi connectivity index (χ0n) is 8.86. The van der Waals surface area contributed by atoms with Crippen molar-refractivity contribution < 1.29 is 4.79 Å². The van der Waals surface area contributed by atoms with E-state index in [2.05, 4.69) is 18.9 Å². The summed E-state index contributed by atoms with van der Waals surface area (Å²) >= 11 is 1.70. The van der Waals surface area contributed by atoms with Crippen LogP contribution < -0.4 is 0 Å². The van der Waals surface area contributed by atoms with Crippen molar-refractivity contribution in [2.24, 2.45) is 7.05 Å². The van der Waals surface area contributed by atoms with E-state index in [1.54, 1.807) is 35.8 Å². The Hall–Kier alpha value is -0.770. The van der Waals surface area contributed by atoms with Gasteiger partial charge < -0.3 is 0 Å². The number of hydrogen-bond donors (Lipinski definition) is 0. The number of carbonyl (C=O) groups is 1. The molecule has 78 valence electrons. The van der Waals surface area contributed by atoms with Crippen LogP contribution in [0.2, 0.25) is 0 Å². The zero-order valence-corrected chi connectivity index (χ0v) is 9.67. The highest BCUT2D eigenvalue weighted by Crippen LogP contribution is 2.15. The van der Waals surface area contributed by atoms with Gasteiger partial charge in [0.1, 0.15) is 5.69 Å². The SMILES string of the molecule is CCC(C)SCC(=O)c1ccnn1C. The smallest absolute Gasteiger partial charge is 0.190 e. The van der Waals surface area contributed by atoms with Crippen LogP contribution in [0.1, 0.15) is 30.8 Å². The van der Waals surface area contributed by atoms with Gasteiger partial charge in [-0.1, -0.05) is 13.8 Å².